The van der Waals surface area contributed by atoms with Gasteiger partial charge in [-0.25, -0.2) is 4.98 Å². The van der Waals surface area contributed by atoms with Crippen LogP contribution in [-0.2, 0) is 13.0 Å². The average molecular weight is 352 g/mol. The van der Waals surface area contributed by atoms with Gasteiger partial charge in [-0.3, -0.25) is 0 Å². The number of hydrogen-bond acceptors (Lipinski definition) is 5. The van der Waals surface area contributed by atoms with Crippen LogP contribution in [-0.4, -0.2) is 11.0 Å². The summed E-state index contributed by atoms with van der Waals surface area (Å²) in [6, 6.07) is 6.24. The molecular weight excluding hydrogens is 334 g/mol. The number of rotatable bonds is 5. The predicted octanol–water partition coefficient (Wildman–Crippen LogP) is 4.82. The summed E-state index contributed by atoms with van der Waals surface area (Å²) in [7, 11) is 0. The van der Waals surface area contributed by atoms with Crippen molar-refractivity contribution in [3.05, 3.63) is 44.1 Å². The van der Waals surface area contributed by atoms with Gasteiger partial charge >= 0.3 is 0 Å². The van der Waals surface area contributed by atoms with Gasteiger partial charge < -0.3 is 11.1 Å². The number of anilines is 1. The molecule has 1 unspecified atom stereocenters. The summed E-state index contributed by atoms with van der Waals surface area (Å²) in [6.45, 7) is 4.93. The lowest BCUT2D eigenvalue weighted by Crippen LogP contribution is -2.17. The molecule has 0 spiro atoms. The third kappa shape index (κ3) is 3.27. The molecular formula is C16H18ClN3S2. The first-order valence-electron chi connectivity index (χ1n) is 7.15. The summed E-state index contributed by atoms with van der Waals surface area (Å²) < 4.78 is 1.16. The van der Waals surface area contributed by atoms with Gasteiger partial charge in [0.15, 0.2) is 0 Å². The molecule has 3 aromatic heterocycles. The van der Waals surface area contributed by atoms with E-state index in [1.165, 1.54) is 15.3 Å². The number of fused-ring (bicyclic) bond motifs is 1. The molecule has 0 aromatic carbocycles. The lowest BCUT2D eigenvalue weighted by atomic mass is 10.1. The quantitative estimate of drug-likeness (QED) is 0.648. The Morgan fingerprint density at radius 3 is 2.95 bits per heavy atom. The second kappa shape index (κ2) is 6.54. The fourth-order valence-corrected chi connectivity index (χ4v) is 4.62. The van der Waals surface area contributed by atoms with Crippen LogP contribution in [0, 0.1) is 6.92 Å². The first kappa shape index (κ1) is 15.7. The molecule has 0 radical (unpaired) electrons. The third-order valence-electron chi connectivity index (χ3n) is 3.48. The standard InChI is InChI=1S/C16H18ClN3S2/c1-9(18)6-13-10(2)15-16(22-13)12(7-14(17)20-15)19-8-11-4-3-5-21-11/h3-5,7,9H,6,8,18H2,1-2H3,(H,19,20). The minimum atomic E-state index is 0.143. The lowest BCUT2D eigenvalue weighted by Gasteiger charge is -2.06. The van der Waals surface area contributed by atoms with Crippen molar-refractivity contribution >= 4 is 50.2 Å². The molecule has 0 bridgehead atoms. The van der Waals surface area contributed by atoms with Crippen LogP contribution in [0.1, 0.15) is 22.2 Å². The molecule has 22 heavy (non-hydrogen) atoms. The van der Waals surface area contributed by atoms with Crippen LogP contribution in [0.2, 0.25) is 5.15 Å². The van der Waals surface area contributed by atoms with Crippen molar-refractivity contribution in [3.63, 3.8) is 0 Å². The molecule has 3 nitrogen and oxygen atoms in total. The molecule has 0 saturated heterocycles. The topological polar surface area (TPSA) is 50.9 Å². The molecule has 6 heteroatoms. The van der Waals surface area contributed by atoms with E-state index >= 15 is 0 Å². The van der Waals surface area contributed by atoms with E-state index in [1.54, 1.807) is 22.7 Å². The van der Waals surface area contributed by atoms with Crippen molar-refractivity contribution in [3.8, 4) is 0 Å². The largest absolute Gasteiger partial charge is 0.379 e. The van der Waals surface area contributed by atoms with Gasteiger partial charge in [0, 0.05) is 28.4 Å². The molecule has 3 rings (SSSR count). The van der Waals surface area contributed by atoms with Gasteiger partial charge in [-0.2, -0.15) is 0 Å². The number of pyridine rings is 1. The molecule has 3 aromatic rings. The summed E-state index contributed by atoms with van der Waals surface area (Å²) in [6.07, 6.45) is 0.870. The third-order valence-corrected chi connectivity index (χ3v) is 5.89. The second-order valence-electron chi connectivity index (χ2n) is 5.43. The Kier molecular flexibility index (Phi) is 4.68. The highest BCUT2D eigenvalue weighted by Gasteiger charge is 2.15. The fraction of sp³-hybridized carbons (Fsp3) is 0.312. The summed E-state index contributed by atoms with van der Waals surface area (Å²) >= 11 is 9.71. The maximum absolute atomic E-state index is 6.20. The predicted molar refractivity (Wildman–Crippen MR) is 98.4 cm³/mol. The van der Waals surface area contributed by atoms with E-state index in [0.717, 1.165) is 28.9 Å². The van der Waals surface area contributed by atoms with E-state index in [2.05, 4.69) is 34.7 Å². The van der Waals surface area contributed by atoms with Gasteiger partial charge in [-0.15, -0.1) is 22.7 Å². The number of thiophene rings is 2. The minimum Gasteiger partial charge on any atom is -0.379 e. The Morgan fingerprint density at radius 2 is 2.27 bits per heavy atom. The van der Waals surface area contributed by atoms with E-state index in [9.17, 15) is 0 Å². The summed E-state index contributed by atoms with van der Waals surface area (Å²) in [5, 5.41) is 6.10. The van der Waals surface area contributed by atoms with Crippen molar-refractivity contribution in [2.24, 2.45) is 5.73 Å². The van der Waals surface area contributed by atoms with Crippen molar-refractivity contribution < 1.29 is 0 Å². The molecule has 3 N–H and O–H groups in total. The van der Waals surface area contributed by atoms with Gasteiger partial charge in [0.25, 0.3) is 0 Å². The number of aromatic nitrogens is 1. The second-order valence-corrected chi connectivity index (χ2v) is 7.96. The van der Waals surface area contributed by atoms with Crippen LogP contribution in [0.5, 0.6) is 0 Å². The molecule has 0 aliphatic rings. The zero-order valence-corrected chi connectivity index (χ0v) is 14.9. The van der Waals surface area contributed by atoms with Gasteiger partial charge in [-0.05, 0) is 37.3 Å². The molecule has 0 aliphatic heterocycles. The van der Waals surface area contributed by atoms with Crippen molar-refractivity contribution in [1.29, 1.82) is 0 Å². The van der Waals surface area contributed by atoms with Gasteiger partial charge in [0.1, 0.15) is 5.15 Å². The number of nitrogens with zero attached hydrogens (tertiary/aromatic N) is 1. The summed E-state index contributed by atoms with van der Waals surface area (Å²) in [4.78, 5) is 7.09. The Bertz CT molecular complexity index is 778. The van der Waals surface area contributed by atoms with Crippen LogP contribution >= 0.6 is 34.3 Å². The highest BCUT2D eigenvalue weighted by molar-refractivity contribution is 7.19. The summed E-state index contributed by atoms with van der Waals surface area (Å²) in [5.74, 6) is 0. The van der Waals surface area contributed by atoms with Crippen molar-refractivity contribution in [2.45, 2.75) is 32.9 Å². The number of nitrogens with two attached hydrogens (primary N) is 1. The molecule has 0 fully saturated rings. The van der Waals surface area contributed by atoms with E-state index in [0.29, 0.717) is 5.15 Å². The maximum Gasteiger partial charge on any atom is 0.131 e. The Labute approximate surface area is 143 Å². The zero-order chi connectivity index (χ0) is 15.7. The van der Waals surface area contributed by atoms with Crippen LogP contribution in [0.4, 0.5) is 5.69 Å². The molecule has 1 atom stereocenters. The fourth-order valence-electron chi connectivity index (χ4n) is 2.41. The zero-order valence-electron chi connectivity index (χ0n) is 12.5. The van der Waals surface area contributed by atoms with Gasteiger partial charge in [-0.1, -0.05) is 17.7 Å². The number of hydrogen-bond donors (Lipinski definition) is 2. The molecule has 3 heterocycles. The number of nitrogens with one attached hydrogen (secondary N) is 1. The van der Waals surface area contributed by atoms with E-state index < -0.39 is 0 Å². The minimum absolute atomic E-state index is 0.143. The van der Waals surface area contributed by atoms with Crippen LogP contribution in [0.3, 0.4) is 0 Å². The monoisotopic (exact) mass is 351 g/mol. The van der Waals surface area contributed by atoms with Gasteiger partial charge in [0.05, 0.1) is 15.9 Å². The van der Waals surface area contributed by atoms with Gasteiger partial charge in [0.2, 0.25) is 0 Å². The van der Waals surface area contributed by atoms with E-state index in [1.807, 2.05) is 13.0 Å². The Hall–Kier alpha value is -1.14. The summed E-state index contributed by atoms with van der Waals surface area (Å²) in [5.41, 5.74) is 9.18. The van der Waals surface area contributed by atoms with Crippen LogP contribution in [0.25, 0.3) is 10.2 Å². The average Bonchev–Trinajstić information content (AvgIpc) is 3.07. The smallest absolute Gasteiger partial charge is 0.131 e. The highest BCUT2D eigenvalue weighted by atomic mass is 35.5. The lowest BCUT2D eigenvalue weighted by molar-refractivity contribution is 0.744. The Morgan fingerprint density at radius 1 is 1.45 bits per heavy atom. The molecule has 0 saturated carbocycles. The highest BCUT2D eigenvalue weighted by Crippen LogP contribution is 2.37. The van der Waals surface area contributed by atoms with E-state index in [4.69, 9.17) is 17.3 Å². The number of aryl methyl sites for hydroxylation is 1. The van der Waals surface area contributed by atoms with Crippen LogP contribution < -0.4 is 11.1 Å². The Balaban J connectivity index is 1.98. The first-order valence-corrected chi connectivity index (χ1v) is 9.22. The molecule has 116 valence electrons. The number of halogens is 1. The van der Waals surface area contributed by atoms with Crippen LogP contribution in [0.15, 0.2) is 23.6 Å². The van der Waals surface area contributed by atoms with Crippen molar-refractivity contribution in [1.82, 2.24) is 4.98 Å². The SMILES string of the molecule is Cc1c(CC(C)N)sc2c(NCc3cccs3)cc(Cl)nc12. The molecule has 0 aliphatic carbocycles. The van der Waals surface area contributed by atoms with Crippen molar-refractivity contribution in [2.75, 3.05) is 5.32 Å². The van der Waals surface area contributed by atoms with E-state index in [-0.39, 0.29) is 6.04 Å². The maximum atomic E-state index is 6.20. The first-order chi connectivity index (χ1) is 10.5. The normalized spacial score (nSPS) is 12.7. The molecule has 0 amide bonds.